The zero-order chi connectivity index (χ0) is 16.6. The zero-order valence-electron chi connectivity index (χ0n) is 13.9. The molecular formula is C17H22N4O2. The van der Waals surface area contributed by atoms with Crippen LogP contribution in [-0.2, 0) is 11.2 Å². The standard InChI is InChI=1S/C17H22N4O2/c1-10-5-7-12-14(10)21-15(19-12)11-6-8-13(18-9-11)20-16(22)23-17(2,3)4/h6,8-10H,5,7H2,1-4H3,(H,19,21)(H,18,20,22). The number of fused-ring (bicyclic) bond motifs is 1. The molecular weight excluding hydrogens is 292 g/mol. The number of amides is 1. The second kappa shape index (κ2) is 5.68. The van der Waals surface area contributed by atoms with Crippen molar-refractivity contribution in [1.82, 2.24) is 15.0 Å². The predicted molar refractivity (Wildman–Crippen MR) is 88.4 cm³/mol. The number of nitrogens with zero attached hydrogens (tertiary/aromatic N) is 2. The van der Waals surface area contributed by atoms with E-state index in [2.05, 4.69) is 27.2 Å². The van der Waals surface area contributed by atoms with E-state index < -0.39 is 11.7 Å². The summed E-state index contributed by atoms with van der Waals surface area (Å²) >= 11 is 0. The molecule has 6 heteroatoms. The summed E-state index contributed by atoms with van der Waals surface area (Å²) in [6.07, 6.45) is 3.40. The molecule has 0 spiro atoms. The molecule has 122 valence electrons. The summed E-state index contributed by atoms with van der Waals surface area (Å²) in [5.74, 6) is 1.80. The highest BCUT2D eigenvalue weighted by atomic mass is 16.6. The molecule has 2 aromatic heterocycles. The summed E-state index contributed by atoms with van der Waals surface area (Å²) in [7, 11) is 0. The number of hydrogen-bond acceptors (Lipinski definition) is 4. The Hall–Kier alpha value is -2.37. The molecule has 0 aromatic carbocycles. The molecule has 1 amide bonds. The van der Waals surface area contributed by atoms with Crippen LogP contribution in [0, 0.1) is 0 Å². The van der Waals surface area contributed by atoms with E-state index in [0.717, 1.165) is 29.9 Å². The van der Waals surface area contributed by atoms with Gasteiger partial charge in [0.1, 0.15) is 17.2 Å². The molecule has 1 aliphatic rings. The van der Waals surface area contributed by atoms with Gasteiger partial charge in [-0.1, -0.05) is 6.92 Å². The van der Waals surface area contributed by atoms with Crippen molar-refractivity contribution in [3.05, 3.63) is 29.7 Å². The second-order valence-corrected chi connectivity index (χ2v) is 6.95. The highest BCUT2D eigenvalue weighted by Crippen LogP contribution is 2.32. The van der Waals surface area contributed by atoms with Crippen molar-refractivity contribution < 1.29 is 9.53 Å². The molecule has 0 saturated heterocycles. The zero-order valence-corrected chi connectivity index (χ0v) is 13.9. The average molecular weight is 314 g/mol. The number of pyridine rings is 1. The number of nitrogens with one attached hydrogen (secondary N) is 2. The molecule has 0 radical (unpaired) electrons. The molecule has 0 saturated carbocycles. The van der Waals surface area contributed by atoms with Crippen LogP contribution in [-0.4, -0.2) is 26.6 Å². The van der Waals surface area contributed by atoms with E-state index in [1.807, 2.05) is 26.8 Å². The molecule has 0 bridgehead atoms. The molecule has 1 aliphatic carbocycles. The largest absolute Gasteiger partial charge is 0.444 e. The lowest BCUT2D eigenvalue weighted by Crippen LogP contribution is -2.27. The van der Waals surface area contributed by atoms with Crippen molar-refractivity contribution in [1.29, 1.82) is 0 Å². The van der Waals surface area contributed by atoms with Crippen LogP contribution in [0.4, 0.5) is 10.6 Å². The van der Waals surface area contributed by atoms with Gasteiger partial charge in [0, 0.05) is 23.4 Å². The lowest BCUT2D eigenvalue weighted by molar-refractivity contribution is 0.0635. The maximum atomic E-state index is 11.7. The molecule has 6 nitrogen and oxygen atoms in total. The third-order valence-electron chi connectivity index (χ3n) is 3.77. The Kier molecular flexibility index (Phi) is 3.83. The number of aromatic nitrogens is 3. The van der Waals surface area contributed by atoms with Crippen LogP contribution in [0.5, 0.6) is 0 Å². The van der Waals surface area contributed by atoms with Gasteiger partial charge in [-0.25, -0.2) is 14.8 Å². The number of aromatic amines is 1. The number of rotatable bonds is 2. The van der Waals surface area contributed by atoms with Crippen LogP contribution in [0.25, 0.3) is 11.4 Å². The number of H-pyrrole nitrogens is 1. The summed E-state index contributed by atoms with van der Waals surface area (Å²) in [6.45, 7) is 7.66. The van der Waals surface area contributed by atoms with Crippen molar-refractivity contribution in [2.24, 2.45) is 0 Å². The van der Waals surface area contributed by atoms with E-state index in [1.54, 1.807) is 12.3 Å². The molecule has 2 aromatic rings. The summed E-state index contributed by atoms with van der Waals surface area (Å²) in [6, 6.07) is 3.63. The predicted octanol–water partition coefficient (Wildman–Crippen LogP) is 3.87. The highest BCUT2D eigenvalue weighted by Gasteiger charge is 2.23. The van der Waals surface area contributed by atoms with Gasteiger partial charge in [-0.3, -0.25) is 5.32 Å². The average Bonchev–Trinajstić information content (AvgIpc) is 3.00. The number of ether oxygens (including phenoxy) is 1. The van der Waals surface area contributed by atoms with Gasteiger partial charge >= 0.3 is 6.09 Å². The van der Waals surface area contributed by atoms with Crippen molar-refractivity contribution in [2.75, 3.05) is 5.32 Å². The summed E-state index contributed by atoms with van der Waals surface area (Å²) in [5.41, 5.74) is 2.76. The van der Waals surface area contributed by atoms with Crippen molar-refractivity contribution in [2.45, 2.75) is 52.1 Å². The number of hydrogen-bond donors (Lipinski definition) is 2. The van der Waals surface area contributed by atoms with E-state index in [9.17, 15) is 4.79 Å². The Bertz CT molecular complexity index is 713. The minimum absolute atomic E-state index is 0.454. The van der Waals surface area contributed by atoms with Crippen LogP contribution < -0.4 is 5.32 Å². The maximum Gasteiger partial charge on any atom is 0.413 e. The molecule has 0 fully saturated rings. The summed E-state index contributed by atoms with van der Waals surface area (Å²) < 4.78 is 5.20. The van der Waals surface area contributed by atoms with Gasteiger partial charge in [-0.15, -0.1) is 0 Å². The monoisotopic (exact) mass is 314 g/mol. The summed E-state index contributed by atoms with van der Waals surface area (Å²) in [5, 5.41) is 2.62. The second-order valence-electron chi connectivity index (χ2n) is 6.95. The maximum absolute atomic E-state index is 11.7. The molecule has 2 N–H and O–H groups in total. The Balaban J connectivity index is 1.70. The quantitative estimate of drug-likeness (QED) is 0.882. The van der Waals surface area contributed by atoms with Gasteiger partial charge in [0.2, 0.25) is 0 Å². The fourth-order valence-electron chi connectivity index (χ4n) is 2.67. The molecule has 23 heavy (non-hydrogen) atoms. The van der Waals surface area contributed by atoms with Gasteiger partial charge in [0.15, 0.2) is 0 Å². The minimum Gasteiger partial charge on any atom is -0.444 e. The van der Waals surface area contributed by atoms with E-state index >= 15 is 0 Å². The molecule has 2 heterocycles. The van der Waals surface area contributed by atoms with E-state index in [0.29, 0.717) is 11.7 Å². The number of carbonyl (C=O) groups excluding carboxylic acids is 1. The first-order chi connectivity index (χ1) is 10.8. The van der Waals surface area contributed by atoms with Crippen LogP contribution >= 0.6 is 0 Å². The van der Waals surface area contributed by atoms with Gasteiger partial charge in [-0.05, 0) is 45.7 Å². The van der Waals surface area contributed by atoms with Crippen LogP contribution in [0.1, 0.15) is 51.4 Å². The Morgan fingerprint density at radius 3 is 2.78 bits per heavy atom. The van der Waals surface area contributed by atoms with Crippen LogP contribution in [0.15, 0.2) is 18.3 Å². The lowest BCUT2D eigenvalue weighted by Gasteiger charge is -2.19. The van der Waals surface area contributed by atoms with Gasteiger partial charge < -0.3 is 9.72 Å². The topological polar surface area (TPSA) is 79.9 Å². The number of carbonyl (C=O) groups is 1. The third-order valence-corrected chi connectivity index (χ3v) is 3.77. The SMILES string of the molecule is CC1CCc2[nH]c(-c3ccc(NC(=O)OC(C)(C)C)nc3)nc21. The van der Waals surface area contributed by atoms with Crippen LogP contribution in [0.3, 0.4) is 0 Å². The molecule has 1 unspecified atom stereocenters. The first-order valence-corrected chi connectivity index (χ1v) is 7.87. The molecule has 1 atom stereocenters. The number of imidazole rings is 1. The Labute approximate surface area is 135 Å². The van der Waals surface area contributed by atoms with E-state index in [-0.39, 0.29) is 0 Å². The van der Waals surface area contributed by atoms with Gasteiger partial charge in [0.25, 0.3) is 0 Å². The Morgan fingerprint density at radius 1 is 1.39 bits per heavy atom. The van der Waals surface area contributed by atoms with Crippen molar-refractivity contribution in [3.8, 4) is 11.4 Å². The number of aryl methyl sites for hydroxylation is 1. The Morgan fingerprint density at radius 2 is 2.17 bits per heavy atom. The van der Waals surface area contributed by atoms with E-state index in [1.165, 1.54) is 5.69 Å². The first kappa shape index (κ1) is 15.5. The fraction of sp³-hybridized carbons (Fsp3) is 0.471. The number of anilines is 1. The smallest absolute Gasteiger partial charge is 0.413 e. The minimum atomic E-state index is -0.532. The van der Waals surface area contributed by atoms with E-state index in [4.69, 9.17) is 4.74 Å². The van der Waals surface area contributed by atoms with Gasteiger partial charge in [0.05, 0.1) is 5.69 Å². The summed E-state index contributed by atoms with van der Waals surface area (Å²) in [4.78, 5) is 24.0. The third kappa shape index (κ3) is 3.52. The van der Waals surface area contributed by atoms with Gasteiger partial charge in [-0.2, -0.15) is 0 Å². The first-order valence-electron chi connectivity index (χ1n) is 7.87. The molecule has 3 rings (SSSR count). The fourth-order valence-corrected chi connectivity index (χ4v) is 2.67. The molecule has 0 aliphatic heterocycles. The highest BCUT2D eigenvalue weighted by molar-refractivity contribution is 5.83. The van der Waals surface area contributed by atoms with Crippen molar-refractivity contribution >= 4 is 11.9 Å². The van der Waals surface area contributed by atoms with Crippen LogP contribution in [0.2, 0.25) is 0 Å². The lowest BCUT2D eigenvalue weighted by atomic mass is 10.1. The normalized spacial score (nSPS) is 17.0. The van der Waals surface area contributed by atoms with Crippen molar-refractivity contribution in [3.63, 3.8) is 0 Å².